The van der Waals surface area contributed by atoms with E-state index in [9.17, 15) is 0 Å². The Bertz CT molecular complexity index is 558. The first kappa shape index (κ1) is 12.7. The third-order valence-electron chi connectivity index (χ3n) is 2.24. The van der Waals surface area contributed by atoms with Crippen molar-refractivity contribution in [3.8, 4) is 0 Å². The molecule has 1 heterocycles. The quantitative estimate of drug-likeness (QED) is 0.817. The van der Waals surface area contributed by atoms with E-state index in [-0.39, 0.29) is 0 Å². The third kappa shape index (κ3) is 3.12. The van der Waals surface area contributed by atoms with Gasteiger partial charge in [-0.1, -0.05) is 23.2 Å². The van der Waals surface area contributed by atoms with E-state index in [4.69, 9.17) is 23.2 Å². The molecule has 0 aliphatic carbocycles. The molecule has 0 saturated heterocycles. The second-order valence-electron chi connectivity index (χ2n) is 3.57. The molecular formula is C12H9BrCl2N2. The number of hydrogen-bond donors (Lipinski definition) is 1. The van der Waals surface area contributed by atoms with Gasteiger partial charge in [0.1, 0.15) is 5.82 Å². The van der Waals surface area contributed by atoms with Crippen molar-refractivity contribution in [2.24, 2.45) is 0 Å². The number of benzene rings is 1. The Hall–Kier alpha value is -0.770. The molecule has 17 heavy (non-hydrogen) atoms. The Morgan fingerprint density at radius 3 is 2.71 bits per heavy atom. The highest BCUT2D eigenvalue weighted by atomic mass is 79.9. The maximum atomic E-state index is 6.06. The van der Waals surface area contributed by atoms with Gasteiger partial charge in [-0.3, -0.25) is 0 Å². The molecule has 0 aliphatic heterocycles. The second kappa shape index (κ2) is 5.25. The Morgan fingerprint density at radius 2 is 2.00 bits per heavy atom. The van der Waals surface area contributed by atoms with Crippen LogP contribution >= 0.6 is 39.1 Å². The molecule has 0 saturated carbocycles. The molecule has 2 rings (SSSR count). The highest BCUT2D eigenvalue weighted by Gasteiger charge is 2.04. The largest absolute Gasteiger partial charge is 0.339 e. The maximum absolute atomic E-state index is 6.06. The van der Waals surface area contributed by atoms with Gasteiger partial charge in [-0.05, 0) is 52.7 Å². The molecule has 0 fully saturated rings. The van der Waals surface area contributed by atoms with Crippen molar-refractivity contribution < 1.29 is 0 Å². The third-order valence-corrected chi connectivity index (χ3v) is 3.63. The van der Waals surface area contributed by atoms with Crippen molar-refractivity contribution in [2.45, 2.75) is 6.92 Å². The van der Waals surface area contributed by atoms with Gasteiger partial charge in [0.15, 0.2) is 0 Å². The summed E-state index contributed by atoms with van der Waals surface area (Å²) in [5.41, 5.74) is 1.84. The summed E-state index contributed by atoms with van der Waals surface area (Å²) < 4.78 is 0.972. The van der Waals surface area contributed by atoms with Crippen molar-refractivity contribution >= 4 is 50.6 Å². The molecule has 1 aromatic heterocycles. The van der Waals surface area contributed by atoms with Crippen LogP contribution in [0.3, 0.4) is 0 Å². The molecular weight excluding hydrogens is 323 g/mol. The van der Waals surface area contributed by atoms with Crippen molar-refractivity contribution in [3.05, 3.63) is 50.5 Å². The molecule has 0 amide bonds. The predicted molar refractivity (Wildman–Crippen MR) is 76.4 cm³/mol. The summed E-state index contributed by atoms with van der Waals surface area (Å²) >= 11 is 15.4. The van der Waals surface area contributed by atoms with Crippen LogP contribution in [-0.4, -0.2) is 4.98 Å². The van der Waals surface area contributed by atoms with Crippen LogP contribution in [0.25, 0.3) is 0 Å². The van der Waals surface area contributed by atoms with E-state index in [0.29, 0.717) is 10.0 Å². The van der Waals surface area contributed by atoms with E-state index in [1.54, 1.807) is 24.4 Å². The highest BCUT2D eigenvalue weighted by molar-refractivity contribution is 9.10. The SMILES string of the molecule is Cc1cc(Nc2cc(Cl)ccc2Cl)ncc1Br. The Labute approximate surface area is 118 Å². The van der Waals surface area contributed by atoms with E-state index in [1.807, 2.05) is 13.0 Å². The number of rotatable bonds is 2. The lowest BCUT2D eigenvalue weighted by molar-refractivity contribution is 1.25. The fourth-order valence-corrected chi connectivity index (χ4v) is 1.89. The van der Waals surface area contributed by atoms with Crippen molar-refractivity contribution in [1.29, 1.82) is 0 Å². The number of nitrogens with zero attached hydrogens (tertiary/aromatic N) is 1. The summed E-state index contributed by atoms with van der Waals surface area (Å²) in [6, 6.07) is 7.19. The van der Waals surface area contributed by atoms with Gasteiger partial charge in [0.25, 0.3) is 0 Å². The number of anilines is 2. The molecule has 0 radical (unpaired) electrons. The summed E-state index contributed by atoms with van der Waals surface area (Å²) in [7, 11) is 0. The van der Waals surface area contributed by atoms with Crippen LogP contribution in [0.4, 0.5) is 11.5 Å². The first-order chi connectivity index (χ1) is 8.06. The van der Waals surface area contributed by atoms with Crippen molar-refractivity contribution in [2.75, 3.05) is 5.32 Å². The summed E-state index contributed by atoms with van der Waals surface area (Å²) in [6.45, 7) is 2.00. The number of aryl methyl sites for hydroxylation is 1. The average Bonchev–Trinajstić information content (AvgIpc) is 2.29. The van der Waals surface area contributed by atoms with Crippen LogP contribution in [0.1, 0.15) is 5.56 Å². The van der Waals surface area contributed by atoms with Gasteiger partial charge in [0.2, 0.25) is 0 Å². The summed E-state index contributed by atoms with van der Waals surface area (Å²) in [5, 5.41) is 4.37. The van der Waals surface area contributed by atoms with E-state index >= 15 is 0 Å². The van der Waals surface area contributed by atoms with Crippen LogP contribution in [0.15, 0.2) is 34.9 Å². The number of pyridine rings is 1. The Kier molecular flexibility index (Phi) is 3.92. The lowest BCUT2D eigenvalue weighted by atomic mass is 10.3. The fraction of sp³-hybridized carbons (Fsp3) is 0.0833. The van der Waals surface area contributed by atoms with Crippen molar-refractivity contribution in [1.82, 2.24) is 4.98 Å². The molecule has 2 aromatic rings. The second-order valence-corrected chi connectivity index (χ2v) is 5.27. The topological polar surface area (TPSA) is 24.9 Å². The minimum Gasteiger partial charge on any atom is -0.339 e. The average molecular weight is 332 g/mol. The molecule has 2 nitrogen and oxygen atoms in total. The van der Waals surface area contributed by atoms with Gasteiger partial charge in [-0.15, -0.1) is 0 Å². The normalized spacial score (nSPS) is 10.4. The first-order valence-electron chi connectivity index (χ1n) is 4.90. The standard InChI is InChI=1S/C12H9BrCl2N2/c1-7-4-12(16-6-9(7)13)17-11-5-8(14)2-3-10(11)15/h2-6H,1H3,(H,16,17). The molecule has 5 heteroatoms. The summed E-state index contributed by atoms with van der Waals surface area (Å²) in [5.74, 6) is 0.731. The van der Waals surface area contributed by atoms with Gasteiger partial charge < -0.3 is 5.32 Å². The molecule has 0 spiro atoms. The van der Waals surface area contributed by atoms with Crippen LogP contribution < -0.4 is 5.32 Å². The lowest BCUT2D eigenvalue weighted by Crippen LogP contribution is -1.95. The van der Waals surface area contributed by atoms with Crippen LogP contribution in [-0.2, 0) is 0 Å². The van der Waals surface area contributed by atoms with Gasteiger partial charge in [0.05, 0.1) is 10.7 Å². The lowest BCUT2D eigenvalue weighted by Gasteiger charge is -2.09. The van der Waals surface area contributed by atoms with Gasteiger partial charge in [-0.2, -0.15) is 0 Å². The van der Waals surface area contributed by atoms with Crippen molar-refractivity contribution in [3.63, 3.8) is 0 Å². The molecule has 1 aromatic carbocycles. The molecule has 0 unspecified atom stereocenters. The minimum absolute atomic E-state index is 0.608. The maximum Gasteiger partial charge on any atom is 0.130 e. The van der Waals surface area contributed by atoms with Crippen LogP contribution in [0, 0.1) is 6.92 Å². The Morgan fingerprint density at radius 1 is 1.24 bits per heavy atom. The predicted octanol–water partition coefficient (Wildman–Crippen LogP) is 5.20. The molecule has 88 valence electrons. The number of aromatic nitrogens is 1. The minimum atomic E-state index is 0.608. The monoisotopic (exact) mass is 330 g/mol. The Balaban J connectivity index is 2.31. The first-order valence-corrected chi connectivity index (χ1v) is 6.45. The van der Waals surface area contributed by atoms with E-state index in [1.165, 1.54) is 0 Å². The summed E-state index contributed by atoms with van der Waals surface area (Å²) in [6.07, 6.45) is 1.75. The van der Waals surface area contributed by atoms with Crippen LogP contribution in [0.2, 0.25) is 10.0 Å². The molecule has 0 atom stereocenters. The smallest absolute Gasteiger partial charge is 0.130 e. The van der Waals surface area contributed by atoms with E-state index in [0.717, 1.165) is 21.5 Å². The zero-order valence-corrected chi connectivity index (χ0v) is 12.1. The number of halogens is 3. The van der Waals surface area contributed by atoms with Gasteiger partial charge in [-0.25, -0.2) is 4.98 Å². The van der Waals surface area contributed by atoms with E-state index in [2.05, 4.69) is 26.2 Å². The fourth-order valence-electron chi connectivity index (χ4n) is 1.34. The molecule has 0 aliphatic rings. The number of nitrogens with one attached hydrogen (secondary N) is 1. The zero-order valence-electron chi connectivity index (χ0n) is 8.97. The molecule has 1 N–H and O–H groups in total. The summed E-state index contributed by atoms with van der Waals surface area (Å²) in [4.78, 5) is 4.25. The van der Waals surface area contributed by atoms with Gasteiger partial charge in [0, 0.05) is 15.7 Å². The van der Waals surface area contributed by atoms with E-state index < -0.39 is 0 Å². The molecule has 0 bridgehead atoms. The zero-order chi connectivity index (χ0) is 12.4. The van der Waals surface area contributed by atoms with Crippen LogP contribution in [0.5, 0.6) is 0 Å². The highest BCUT2D eigenvalue weighted by Crippen LogP contribution is 2.28. The van der Waals surface area contributed by atoms with Gasteiger partial charge >= 0.3 is 0 Å². The number of hydrogen-bond acceptors (Lipinski definition) is 2.